The van der Waals surface area contributed by atoms with Crippen LogP contribution >= 0.6 is 22.7 Å². The van der Waals surface area contributed by atoms with Crippen molar-refractivity contribution in [2.75, 3.05) is 18.1 Å². The summed E-state index contributed by atoms with van der Waals surface area (Å²) in [5.41, 5.74) is 8.45. The van der Waals surface area contributed by atoms with Gasteiger partial charge in [0.05, 0.1) is 21.7 Å². The van der Waals surface area contributed by atoms with Gasteiger partial charge in [-0.3, -0.25) is 5.01 Å². The summed E-state index contributed by atoms with van der Waals surface area (Å²) < 4.78 is 0. The van der Waals surface area contributed by atoms with Gasteiger partial charge in [-0.05, 0) is 36.4 Å². The van der Waals surface area contributed by atoms with Crippen molar-refractivity contribution in [3.05, 3.63) is 52.2 Å². The van der Waals surface area contributed by atoms with Crippen LogP contribution in [-0.2, 0) is 0 Å². The van der Waals surface area contributed by atoms with Gasteiger partial charge < -0.3 is 11.1 Å². The normalized spacial score (nSPS) is 14.8. The molecule has 30 heavy (non-hydrogen) atoms. The fourth-order valence-corrected chi connectivity index (χ4v) is 4.87. The maximum Gasteiger partial charge on any atom is 0.162 e. The van der Waals surface area contributed by atoms with E-state index >= 15 is 0 Å². The number of hydrogen-bond acceptors (Lipinski definition) is 8. The summed E-state index contributed by atoms with van der Waals surface area (Å²) in [6, 6.07) is 6.36. The largest absolute Gasteiger partial charge is 0.391 e. The Kier molecular flexibility index (Phi) is 6.44. The molecule has 8 heteroatoms. The van der Waals surface area contributed by atoms with E-state index in [0.717, 1.165) is 26.7 Å². The smallest absolute Gasteiger partial charge is 0.162 e. The second-order valence-electron chi connectivity index (χ2n) is 7.43. The first kappa shape index (κ1) is 20.6. The number of anilines is 2. The Morgan fingerprint density at radius 2 is 2.13 bits per heavy atom. The topological polar surface area (TPSA) is 79.4 Å². The monoisotopic (exact) mass is 438 g/mol. The van der Waals surface area contributed by atoms with Crippen LogP contribution < -0.4 is 11.1 Å². The van der Waals surface area contributed by atoms with Gasteiger partial charge >= 0.3 is 0 Å². The molecule has 0 spiro atoms. The molecule has 0 saturated heterocycles. The highest BCUT2D eigenvalue weighted by atomic mass is 32.1. The van der Waals surface area contributed by atoms with Crippen LogP contribution in [0.25, 0.3) is 17.1 Å². The van der Waals surface area contributed by atoms with E-state index in [1.54, 1.807) is 11.3 Å². The number of nitrogen functional groups attached to an aromatic ring is 1. The van der Waals surface area contributed by atoms with E-state index in [-0.39, 0.29) is 0 Å². The van der Waals surface area contributed by atoms with E-state index in [0.29, 0.717) is 17.7 Å². The second kappa shape index (κ2) is 9.40. The van der Waals surface area contributed by atoms with Gasteiger partial charge in [0.25, 0.3) is 0 Å². The molecule has 6 nitrogen and oxygen atoms in total. The summed E-state index contributed by atoms with van der Waals surface area (Å²) >= 11 is 3.12. The summed E-state index contributed by atoms with van der Waals surface area (Å²) in [7, 11) is 2.05. The Morgan fingerprint density at radius 1 is 1.30 bits per heavy atom. The second-order valence-corrected chi connectivity index (χ2v) is 9.32. The van der Waals surface area contributed by atoms with Gasteiger partial charge in [-0.2, -0.15) is 16.4 Å². The minimum absolute atomic E-state index is 0.501. The average Bonchev–Trinajstić information content (AvgIpc) is 3.45. The van der Waals surface area contributed by atoms with Gasteiger partial charge in [0.15, 0.2) is 5.82 Å². The maximum absolute atomic E-state index is 5.88. The van der Waals surface area contributed by atoms with Crippen LogP contribution in [0.5, 0.6) is 0 Å². The van der Waals surface area contributed by atoms with E-state index in [1.807, 2.05) is 48.4 Å². The van der Waals surface area contributed by atoms with Crippen LogP contribution in [0.15, 0.2) is 46.8 Å². The van der Waals surface area contributed by atoms with Gasteiger partial charge in [0.1, 0.15) is 5.82 Å². The van der Waals surface area contributed by atoms with Crippen LogP contribution in [-0.4, -0.2) is 34.3 Å². The first-order valence-corrected chi connectivity index (χ1v) is 11.8. The molecule has 4 rings (SSSR count). The molecule has 0 unspecified atom stereocenters. The third-order valence-electron chi connectivity index (χ3n) is 5.27. The van der Waals surface area contributed by atoms with Crippen LogP contribution in [0.3, 0.4) is 0 Å². The molecule has 156 valence electrons. The molecule has 0 atom stereocenters. The van der Waals surface area contributed by atoms with Crippen molar-refractivity contribution in [3.63, 3.8) is 0 Å². The number of nitrogens with two attached hydrogens (primary N) is 1. The van der Waals surface area contributed by atoms with Gasteiger partial charge in [0.2, 0.25) is 0 Å². The van der Waals surface area contributed by atoms with Crippen LogP contribution in [0.1, 0.15) is 42.5 Å². The van der Waals surface area contributed by atoms with E-state index in [4.69, 9.17) is 15.8 Å². The highest BCUT2D eigenvalue weighted by Gasteiger charge is 2.17. The summed E-state index contributed by atoms with van der Waals surface area (Å²) in [6.45, 7) is 4.17. The van der Waals surface area contributed by atoms with Crippen molar-refractivity contribution in [2.24, 2.45) is 5.10 Å². The predicted octanol–water partition coefficient (Wildman–Crippen LogP) is 5.53. The van der Waals surface area contributed by atoms with Crippen LogP contribution in [0, 0.1) is 0 Å². The predicted molar refractivity (Wildman–Crippen MR) is 129 cm³/mol. The van der Waals surface area contributed by atoms with Crippen molar-refractivity contribution in [1.82, 2.24) is 15.0 Å². The number of rotatable bonds is 7. The lowest BCUT2D eigenvalue weighted by molar-refractivity contribution is 0.200. The molecule has 3 heterocycles. The first-order valence-electron chi connectivity index (χ1n) is 10.1. The van der Waals surface area contributed by atoms with Crippen LogP contribution in [0.2, 0.25) is 0 Å². The summed E-state index contributed by atoms with van der Waals surface area (Å²) in [5.74, 6) is 1.36. The molecule has 3 aromatic rings. The molecule has 1 saturated carbocycles. The van der Waals surface area contributed by atoms with E-state index in [2.05, 4.69) is 21.9 Å². The number of thiophene rings is 2. The summed E-state index contributed by atoms with van der Waals surface area (Å²) in [5, 5.41) is 14.9. The standard InChI is InChI=1S/C22H26N6S2/c1-15(19-8-9-20(23)30-19)26-22-17(12-24-21(27-22)16-10-11-29-14-16)13-25-28(2)18-6-4-3-5-7-18/h8-14,18H,1,3-7,23H2,2H3,(H,24,26,27)/b25-13-. The molecule has 0 aliphatic heterocycles. The molecule has 1 fully saturated rings. The molecule has 0 amide bonds. The lowest BCUT2D eigenvalue weighted by Crippen LogP contribution is -2.29. The first-order chi connectivity index (χ1) is 14.6. The Labute approximate surface area is 185 Å². The summed E-state index contributed by atoms with van der Waals surface area (Å²) in [6.07, 6.45) is 9.93. The van der Waals surface area contributed by atoms with Gasteiger partial charge in [0, 0.05) is 35.9 Å². The summed E-state index contributed by atoms with van der Waals surface area (Å²) in [4.78, 5) is 10.3. The minimum Gasteiger partial charge on any atom is -0.391 e. The Hall–Kier alpha value is -2.71. The molecule has 1 aliphatic carbocycles. The van der Waals surface area contributed by atoms with Gasteiger partial charge in [-0.25, -0.2) is 9.97 Å². The Morgan fingerprint density at radius 3 is 2.83 bits per heavy atom. The van der Waals surface area contributed by atoms with Crippen molar-refractivity contribution in [2.45, 2.75) is 38.1 Å². The van der Waals surface area contributed by atoms with Gasteiger partial charge in [-0.15, -0.1) is 11.3 Å². The van der Waals surface area contributed by atoms with E-state index < -0.39 is 0 Å². The third-order valence-corrected chi connectivity index (χ3v) is 6.93. The van der Waals surface area contributed by atoms with Crippen molar-refractivity contribution in [3.8, 4) is 11.4 Å². The molecule has 0 aromatic carbocycles. The Balaban J connectivity index is 1.59. The quantitative estimate of drug-likeness (QED) is 0.374. The van der Waals surface area contributed by atoms with Gasteiger partial charge in [-0.1, -0.05) is 25.8 Å². The minimum atomic E-state index is 0.501. The molecule has 0 radical (unpaired) electrons. The zero-order chi connectivity index (χ0) is 20.9. The highest BCUT2D eigenvalue weighted by Crippen LogP contribution is 2.28. The molecule has 3 N–H and O–H groups in total. The molecule has 3 aromatic heterocycles. The van der Waals surface area contributed by atoms with E-state index in [1.165, 1.54) is 43.4 Å². The molecular formula is C22H26N6S2. The molecular weight excluding hydrogens is 412 g/mol. The zero-order valence-electron chi connectivity index (χ0n) is 17.0. The SMILES string of the molecule is C=C(Nc1nc(-c2ccsc2)ncc1/C=N\N(C)C1CCCCC1)c1ccc(N)s1. The number of hydrogen-bond donors (Lipinski definition) is 2. The van der Waals surface area contributed by atoms with Crippen molar-refractivity contribution in [1.29, 1.82) is 0 Å². The number of nitrogens with one attached hydrogen (secondary N) is 1. The number of hydrazone groups is 1. The lowest BCUT2D eigenvalue weighted by Gasteiger charge is -2.28. The lowest BCUT2D eigenvalue weighted by atomic mass is 9.95. The zero-order valence-corrected chi connectivity index (χ0v) is 18.7. The third kappa shape index (κ3) is 4.88. The highest BCUT2D eigenvalue weighted by molar-refractivity contribution is 7.16. The fourth-order valence-electron chi connectivity index (χ4n) is 3.54. The van der Waals surface area contributed by atoms with Crippen molar-refractivity contribution < 1.29 is 0 Å². The van der Waals surface area contributed by atoms with Crippen molar-refractivity contribution >= 4 is 45.4 Å². The maximum atomic E-state index is 5.88. The molecule has 0 bridgehead atoms. The average molecular weight is 439 g/mol. The van der Waals surface area contributed by atoms with Crippen LogP contribution in [0.4, 0.5) is 10.8 Å². The number of nitrogens with zero attached hydrogens (tertiary/aromatic N) is 4. The van der Waals surface area contributed by atoms with E-state index in [9.17, 15) is 0 Å². The number of aromatic nitrogens is 2. The Bertz CT molecular complexity index is 1020. The molecule has 1 aliphatic rings. The fraction of sp³-hybridized carbons (Fsp3) is 0.318.